The van der Waals surface area contributed by atoms with Gasteiger partial charge in [0.15, 0.2) is 6.10 Å². The fourth-order valence-electron chi connectivity index (χ4n) is 1.52. The number of rotatable bonds is 6. The largest absolute Gasteiger partial charge is 0.573 e. The molecule has 0 aliphatic carbocycles. The Kier molecular flexibility index (Phi) is 5.09. The van der Waals surface area contributed by atoms with Crippen LogP contribution in [0, 0.1) is 0 Å². The van der Waals surface area contributed by atoms with Gasteiger partial charge in [0, 0.05) is 6.42 Å². The molecule has 2 N–H and O–H groups in total. The van der Waals surface area contributed by atoms with Crippen LogP contribution in [0.1, 0.15) is 23.7 Å². The number of aliphatic hydroxyl groups is 1. The van der Waals surface area contributed by atoms with Gasteiger partial charge in [0.1, 0.15) is 12.0 Å². The Bertz CT molecular complexity index is 498. The van der Waals surface area contributed by atoms with E-state index in [2.05, 4.69) is 4.74 Å². The summed E-state index contributed by atoms with van der Waals surface area (Å²) in [5.74, 6) is -2.22. The first kappa shape index (κ1) is 16.0. The summed E-state index contributed by atoms with van der Waals surface area (Å²) >= 11 is 0. The van der Waals surface area contributed by atoms with Crippen LogP contribution in [0.15, 0.2) is 18.2 Å². The van der Waals surface area contributed by atoms with Crippen molar-refractivity contribution in [3.8, 4) is 5.75 Å². The normalized spacial score (nSPS) is 12.8. The first-order valence-electron chi connectivity index (χ1n) is 5.47. The Labute approximate surface area is 111 Å². The summed E-state index contributed by atoms with van der Waals surface area (Å²) in [5, 5.41) is 17.9. The molecule has 0 aliphatic rings. The third-order valence-electron chi connectivity index (χ3n) is 2.40. The molecule has 0 amide bonds. The lowest BCUT2D eigenvalue weighted by Crippen LogP contribution is -2.19. The average Bonchev–Trinajstić information content (AvgIpc) is 2.34. The molecule has 0 aliphatic heterocycles. The van der Waals surface area contributed by atoms with Gasteiger partial charge in [-0.25, -0.2) is 4.79 Å². The van der Waals surface area contributed by atoms with Gasteiger partial charge in [0.2, 0.25) is 0 Å². The van der Waals surface area contributed by atoms with Crippen LogP contribution in [0.3, 0.4) is 0 Å². The topological polar surface area (TPSA) is 83.8 Å². The van der Waals surface area contributed by atoms with E-state index >= 15 is 0 Å². The zero-order valence-electron chi connectivity index (χ0n) is 10.1. The van der Waals surface area contributed by atoms with Gasteiger partial charge in [-0.15, -0.1) is 13.2 Å². The zero-order valence-corrected chi connectivity index (χ0v) is 10.1. The summed E-state index contributed by atoms with van der Waals surface area (Å²) < 4.78 is 40.6. The van der Waals surface area contributed by atoms with Gasteiger partial charge in [-0.2, -0.15) is 0 Å². The third kappa shape index (κ3) is 4.54. The van der Waals surface area contributed by atoms with Crippen LogP contribution < -0.4 is 4.74 Å². The first-order chi connectivity index (χ1) is 9.24. The van der Waals surface area contributed by atoms with Gasteiger partial charge in [0.05, 0.1) is 0 Å². The van der Waals surface area contributed by atoms with Crippen LogP contribution in [0.2, 0.25) is 0 Å². The number of aliphatic hydroxyl groups excluding tert-OH is 1. The summed E-state index contributed by atoms with van der Waals surface area (Å²) in [6.07, 6.45) is -6.36. The molecule has 0 radical (unpaired) electrons. The highest BCUT2D eigenvalue weighted by atomic mass is 19.4. The van der Waals surface area contributed by atoms with E-state index in [9.17, 15) is 27.9 Å². The number of carbonyl (C=O) groups is 2. The minimum atomic E-state index is -4.96. The number of carbonyl (C=O) groups excluding carboxylic acids is 1. The zero-order chi connectivity index (χ0) is 15.3. The number of aryl methyl sites for hydroxylation is 1. The molecular formula is C12H11F3O5. The minimum Gasteiger partial charge on any atom is -0.479 e. The fourth-order valence-corrected chi connectivity index (χ4v) is 1.52. The van der Waals surface area contributed by atoms with E-state index in [1.165, 1.54) is 12.1 Å². The highest BCUT2D eigenvalue weighted by Gasteiger charge is 2.32. The van der Waals surface area contributed by atoms with Gasteiger partial charge < -0.3 is 19.7 Å². The summed E-state index contributed by atoms with van der Waals surface area (Å²) in [4.78, 5) is 20.9. The predicted molar refractivity (Wildman–Crippen MR) is 60.1 cm³/mol. The number of hydrogen-bond acceptors (Lipinski definition) is 4. The fraction of sp³-hybridized carbons (Fsp3) is 0.333. The first-order valence-corrected chi connectivity index (χ1v) is 5.47. The van der Waals surface area contributed by atoms with E-state index in [4.69, 9.17) is 5.11 Å². The SMILES string of the molecule is O=CCCc1ccc(C(O)C(=O)O)cc1OC(F)(F)F. The molecule has 5 nitrogen and oxygen atoms in total. The molecule has 1 aromatic rings. The molecule has 1 atom stereocenters. The monoisotopic (exact) mass is 292 g/mol. The molecule has 20 heavy (non-hydrogen) atoms. The van der Waals surface area contributed by atoms with Gasteiger partial charge in [-0.1, -0.05) is 12.1 Å². The van der Waals surface area contributed by atoms with Crippen LogP contribution in [0.25, 0.3) is 0 Å². The van der Waals surface area contributed by atoms with Crippen molar-refractivity contribution < 1.29 is 37.7 Å². The standard InChI is InChI=1S/C12H11F3O5/c13-12(14,15)20-9-6-8(10(17)11(18)19)4-3-7(9)2-1-5-16/h3-6,10,17H,1-2H2,(H,18,19). The third-order valence-corrected chi connectivity index (χ3v) is 2.40. The van der Waals surface area contributed by atoms with Crippen LogP contribution >= 0.6 is 0 Å². The molecule has 0 saturated carbocycles. The van der Waals surface area contributed by atoms with E-state index in [1.807, 2.05) is 0 Å². The Balaban J connectivity index is 3.13. The maximum Gasteiger partial charge on any atom is 0.573 e. The molecule has 110 valence electrons. The Morgan fingerprint density at radius 2 is 2.05 bits per heavy atom. The summed E-state index contributed by atoms with van der Waals surface area (Å²) in [5.41, 5.74) is -0.151. The van der Waals surface area contributed by atoms with Crippen molar-refractivity contribution in [2.24, 2.45) is 0 Å². The summed E-state index contributed by atoms with van der Waals surface area (Å²) in [6, 6.07) is 3.15. The molecule has 1 aromatic carbocycles. The van der Waals surface area contributed by atoms with Crippen molar-refractivity contribution in [2.45, 2.75) is 25.3 Å². The van der Waals surface area contributed by atoms with Crippen molar-refractivity contribution in [1.29, 1.82) is 0 Å². The van der Waals surface area contributed by atoms with Gasteiger partial charge >= 0.3 is 12.3 Å². The number of ether oxygens (including phenoxy) is 1. The minimum absolute atomic E-state index is 0.00491. The second-order valence-electron chi connectivity index (χ2n) is 3.86. The maximum absolute atomic E-state index is 12.3. The second kappa shape index (κ2) is 6.38. The molecule has 0 spiro atoms. The van der Waals surface area contributed by atoms with Crippen LogP contribution in [-0.2, 0) is 16.0 Å². The van der Waals surface area contributed by atoms with Crippen molar-refractivity contribution in [2.75, 3.05) is 0 Å². The number of aldehydes is 1. The number of aliphatic carboxylic acids is 1. The number of carboxylic acids is 1. The lowest BCUT2D eigenvalue weighted by molar-refractivity contribution is -0.274. The number of hydrogen-bond donors (Lipinski definition) is 2. The van der Waals surface area contributed by atoms with E-state index in [0.29, 0.717) is 6.29 Å². The summed E-state index contributed by atoms with van der Waals surface area (Å²) in [6.45, 7) is 0. The molecule has 0 saturated heterocycles. The highest BCUT2D eigenvalue weighted by molar-refractivity contribution is 5.74. The molecular weight excluding hydrogens is 281 g/mol. The van der Waals surface area contributed by atoms with Gasteiger partial charge in [-0.3, -0.25) is 0 Å². The van der Waals surface area contributed by atoms with Gasteiger partial charge in [0.25, 0.3) is 0 Å². The predicted octanol–water partition coefficient (Wildman–Crippen LogP) is 1.83. The maximum atomic E-state index is 12.3. The number of alkyl halides is 3. The number of halogens is 3. The molecule has 1 unspecified atom stereocenters. The summed E-state index contributed by atoms with van der Waals surface area (Å²) in [7, 11) is 0. The molecule has 0 fully saturated rings. The Morgan fingerprint density at radius 1 is 1.40 bits per heavy atom. The Hall–Kier alpha value is -2.09. The van der Waals surface area contributed by atoms with Crippen LogP contribution in [0.5, 0.6) is 5.75 Å². The molecule has 0 aromatic heterocycles. The van der Waals surface area contributed by atoms with Crippen molar-refractivity contribution in [3.05, 3.63) is 29.3 Å². The van der Waals surface area contributed by atoms with E-state index in [1.54, 1.807) is 0 Å². The van der Waals surface area contributed by atoms with Crippen LogP contribution in [-0.4, -0.2) is 28.8 Å². The van der Waals surface area contributed by atoms with E-state index in [-0.39, 0.29) is 24.0 Å². The van der Waals surface area contributed by atoms with Gasteiger partial charge in [-0.05, 0) is 23.6 Å². The van der Waals surface area contributed by atoms with E-state index < -0.39 is 24.2 Å². The quantitative estimate of drug-likeness (QED) is 0.781. The smallest absolute Gasteiger partial charge is 0.479 e. The lowest BCUT2D eigenvalue weighted by Gasteiger charge is -2.15. The van der Waals surface area contributed by atoms with Crippen molar-refractivity contribution in [3.63, 3.8) is 0 Å². The number of benzene rings is 1. The lowest BCUT2D eigenvalue weighted by atomic mass is 10.0. The molecule has 0 heterocycles. The second-order valence-corrected chi connectivity index (χ2v) is 3.86. The highest BCUT2D eigenvalue weighted by Crippen LogP contribution is 2.30. The van der Waals surface area contributed by atoms with Crippen LogP contribution in [0.4, 0.5) is 13.2 Å². The average molecular weight is 292 g/mol. The number of carboxylic acid groups (broad SMARTS) is 1. The molecule has 0 bridgehead atoms. The van der Waals surface area contributed by atoms with Crippen molar-refractivity contribution >= 4 is 12.3 Å². The molecule has 1 rings (SSSR count). The van der Waals surface area contributed by atoms with Crippen molar-refractivity contribution in [1.82, 2.24) is 0 Å². The molecule has 8 heteroatoms. The Morgan fingerprint density at radius 3 is 2.55 bits per heavy atom. The van der Waals surface area contributed by atoms with E-state index in [0.717, 1.165) is 6.07 Å².